The lowest BCUT2D eigenvalue weighted by Crippen LogP contribution is -2.43. The van der Waals surface area contributed by atoms with E-state index in [1.165, 1.54) is 5.56 Å². The summed E-state index contributed by atoms with van der Waals surface area (Å²) in [6.45, 7) is 0.0202. The summed E-state index contributed by atoms with van der Waals surface area (Å²) in [5, 5.41) is 5.72. The lowest BCUT2D eigenvalue weighted by atomic mass is 9.82. The molecule has 1 saturated carbocycles. The third-order valence-electron chi connectivity index (χ3n) is 4.81. The molecule has 4 nitrogen and oxygen atoms in total. The smallest absolute Gasteiger partial charge is 0.251 e. The second-order valence-corrected chi connectivity index (χ2v) is 6.58. The molecule has 3 rings (SSSR count). The van der Waals surface area contributed by atoms with Gasteiger partial charge in [0.2, 0.25) is 5.91 Å². The molecule has 0 radical (unpaired) electrons. The van der Waals surface area contributed by atoms with Crippen molar-refractivity contribution in [3.05, 3.63) is 71.8 Å². The molecule has 0 saturated heterocycles. The Kier molecular flexibility index (Phi) is 5.83. The molecule has 1 fully saturated rings. The number of hydrogen-bond acceptors (Lipinski definition) is 2. The van der Waals surface area contributed by atoms with E-state index < -0.39 is 0 Å². The molecule has 1 aliphatic carbocycles. The van der Waals surface area contributed by atoms with Crippen LogP contribution in [0.15, 0.2) is 60.7 Å². The molecule has 0 atom stereocenters. The summed E-state index contributed by atoms with van der Waals surface area (Å²) in [6.07, 6.45) is 4.15. The van der Waals surface area contributed by atoms with Gasteiger partial charge in [0.15, 0.2) is 0 Å². The van der Waals surface area contributed by atoms with Gasteiger partial charge in [-0.25, -0.2) is 0 Å². The lowest BCUT2D eigenvalue weighted by molar-refractivity contribution is -0.121. The van der Waals surface area contributed by atoms with Crippen molar-refractivity contribution >= 4 is 11.8 Å². The lowest BCUT2D eigenvalue weighted by Gasteiger charge is -2.29. The molecular weight excluding hydrogens is 312 g/mol. The van der Waals surface area contributed by atoms with E-state index in [1.807, 2.05) is 12.1 Å². The predicted octanol–water partition coefficient (Wildman–Crippen LogP) is 3.26. The van der Waals surface area contributed by atoms with Crippen LogP contribution in [0.3, 0.4) is 0 Å². The number of amides is 2. The van der Waals surface area contributed by atoms with Crippen LogP contribution in [0.1, 0.15) is 47.5 Å². The molecule has 2 aromatic rings. The molecule has 130 valence electrons. The summed E-state index contributed by atoms with van der Waals surface area (Å²) >= 11 is 0. The predicted molar refractivity (Wildman–Crippen MR) is 98.4 cm³/mol. The van der Waals surface area contributed by atoms with Crippen molar-refractivity contribution in [3.63, 3.8) is 0 Å². The van der Waals surface area contributed by atoms with Crippen molar-refractivity contribution < 1.29 is 9.59 Å². The van der Waals surface area contributed by atoms with Crippen LogP contribution < -0.4 is 10.6 Å². The average molecular weight is 336 g/mol. The molecular formula is C21H24N2O2. The SMILES string of the molecule is O=C(CNC(=O)c1ccccc1)NC1CCC(c2ccccc2)CC1. The summed E-state index contributed by atoms with van der Waals surface area (Å²) < 4.78 is 0. The standard InChI is InChI=1S/C21H24N2O2/c24-20(15-22-21(25)18-9-5-2-6-10-18)23-19-13-11-17(12-14-19)16-7-3-1-4-8-16/h1-10,17,19H,11-15H2,(H,22,25)(H,23,24). The first kappa shape index (κ1) is 17.2. The van der Waals surface area contributed by atoms with E-state index in [0.29, 0.717) is 11.5 Å². The maximum atomic E-state index is 12.1. The molecule has 2 aromatic carbocycles. The normalized spacial score (nSPS) is 19.8. The number of carbonyl (C=O) groups is 2. The number of rotatable bonds is 5. The zero-order chi connectivity index (χ0) is 17.5. The monoisotopic (exact) mass is 336 g/mol. The fraction of sp³-hybridized carbons (Fsp3) is 0.333. The first-order valence-corrected chi connectivity index (χ1v) is 8.90. The minimum absolute atomic E-state index is 0.0202. The van der Waals surface area contributed by atoms with E-state index in [1.54, 1.807) is 24.3 Å². The highest BCUT2D eigenvalue weighted by Gasteiger charge is 2.23. The Hall–Kier alpha value is -2.62. The fourth-order valence-electron chi connectivity index (χ4n) is 3.43. The van der Waals surface area contributed by atoms with Crippen LogP contribution in [0.5, 0.6) is 0 Å². The Bertz CT molecular complexity index is 692. The quantitative estimate of drug-likeness (QED) is 0.880. The summed E-state index contributed by atoms with van der Waals surface area (Å²) in [4.78, 5) is 24.0. The average Bonchev–Trinajstić information content (AvgIpc) is 2.68. The van der Waals surface area contributed by atoms with Gasteiger partial charge in [-0.05, 0) is 49.3 Å². The minimum atomic E-state index is -0.219. The Balaban J connectivity index is 1.40. The van der Waals surface area contributed by atoms with Gasteiger partial charge in [0.25, 0.3) is 5.91 Å². The van der Waals surface area contributed by atoms with Crippen molar-refractivity contribution in [3.8, 4) is 0 Å². The van der Waals surface area contributed by atoms with Crippen LogP contribution >= 0.6 is 0 Å². The molecule has 0 bridgehead atoms. The molecule has 2 amide bonds. The van der Waals surface area contributed by atoms with Crippen LogP contribution in [-0.4, -0.2) is 24.4 Å². The summed E-state index contributed by atoms with van der Waals surface area (Å²) in [7, 11) is 0. The van der Waals surface area contributed by atoms with E-state index in [0.717, 1.165) is 25.7 Å². The first-order valence-electron chi connectivity index (χ1n) is 8.90. The molecule has 0 aromatic heterocycles. The molecule has 0 heterocycles. The van der Waals surface area contributed by atoms with Crippen LogP contribution in [0.25, 0.3) is 0 Å². The molecule has 25 heavy (non-hydrogen) atoms. The van der Waals surface area contributed by atoms with E-state index >= 15 is 0 Å². The van der Waals surface area contributed by atoms with Gasteiger partial charge < -0.3 is 10.6 Å². The Labute approximate surface area is 148 Å². The highest BCUT2D eigenvalue weighted by molar-refractivity contribution is 5.96. The third kappa shape index (κ3) is 4.92. The van der Waals surface area contributed by atoms with Crippen molar-refractivity contribution in [1.82, 2.24) is 10.6 Å². The fourth-order valence-corrected chi connectivity index (χ4v) is 3.43. The molecule has 0 aliphatic heterocycles. The number of nitrogens with one attached hydrogen (secondary N) is 2. The molecule has 0 unspecified atom stereocenters. The van der Waals surface area contributed by atoms with Crippen molar-refractivity contribution in [2.24, 2.45) is 0 Å². The van der Waals surface area contributed by atoms with Crippen molar-refractivity contribution in [1.29, 1.82) is 0 Å². The second kappa shape index (κ2) is 8.47. The first-order chi connectivity index (χ1) is 12.2. The van der Waals surface area contributed by atoms with Gasteiger partial charge in [0, 0.05) is 11.6 Å². The van der Waals surface area contributed by atoms with Crippen molar-refractivity contribution in [2.45, 2.75) is 37.6 Å². The van der Waals surface area contributed by atoms with E-state index in [4.69, 9.17) is 0 Å². The highest BCUT2D eigenvalue weighted by atomic mass is 16.2. The summed E-state index contributed by atoms with van der Waals surface area (Å²) in [6, 6.07) is 19.7. The van der Waals surface area contributed by atoms with Crippen LogP contribution in [-0.2, 0) is 4.79 Å². The number of hydrogen-bond donors (Lipinski definition) is 2. The second-order valence-electron chi connectivity index (χ2n) is 6.58. The number of carbonyl (C=O) groups excluding carboxylic acids is 2. The largest absolute Gasteiger partial charge is 0.352 e. The van der Waals surface area contributed by atoms with Crippen molar-refractivity contribution in [2.75, 3.05) is 6.54 Å². The third-order valence-corrected chi connectivity index (χ3v) is 4.81. The zero-order valence-electron chi connectivity index (χ0n) is 14.3. The van der Waals surface area contributed by atoms with Gasteiger partial charge >= 0.3 is 0 Å². The zero-order valence-corrected chi connectivity index (χ0v) is 14.3. The summed E-state index contributed by atoms with van der Waals surface area (Å²) in [5.74, 6) is 0.253. The topological polar surface area (TPSA) is 58.2 Å². The van der Waals surface area contributed by atoms with E-state index in [-0.39, 0.29) is 24.4 Å². The molecule has 0 spiro atoms. The Morgan fingerprint density at radius 3 is 2.08 bits per heavy atom. The number of benzene rings is 2. The minimum Gasteiger partial charge on any atom is -0.352 e. The van der Waals surface area contributed by atoms with E-state index in [9.17, 15) is 9.59 Å². The van der Waals surface area contributed by atoms with Crippen LogP contribution in [0, 0.1) is 0 Å². The maximum Gasteiger partial charge on any atom is 0.251 e. The molecule has 4 heteroatoms. The Morgan fingerprint density at radius 2 is 1.44 bits per heavy atom. The van der Waals surface area contributed by atoms with Gasteiger partial charge in [-0.2, -0.15) is 0 Å². The van der Waals surface area contributed by atoms with Crippen LogP contribution in [0.2, 0.25) is 0 Å². The van der Waals surface area contributed by atoms with Crippen LogP contribution in [0.4, 0.5) is 0 Å². The summed E-state index contributed by atoms with van der Waals surface area (Å²) in [5.41, 5.74) is 1.96. The molecule has 1 aliphatic rings. The van der Waals surface area contributed by atoms with Gasteiger partial charge in [-0.3, -0.25) is 9.59 Å². The van der Waals surface area contributed by atoms with E-state index in [2.05, 4.69) is 34.9 Å². The Morgan fingerprint density at radius 1 is 0.840 bits per heavy atom. The van der Waals surface area contributed by atoms with Gasteiger partial charge in [0.1, 0.15) is 0 Å². The van der Waals surface area contributed by atoms with Gasteiger partial charge in [-0.15, -0.1) is 0 Å². The van der Waals surface area contributed by atoms with Gasteiger partial charge in [0.05, 0.1) is 6.54 Å². The molecule has 2 N–H and O–H groups in total. The van der Waals surface area contributed by atoms with Gasteiger partial charge in [-0.1, -0.05) is 48.5 Å². The highest BCUT2D eigenvalue weighted by Crippen LogP contribution is 2.32. The maximum absolute atomic E-state index is 12.1.